The van der Waals surface area contributed by atoms with Gasteiger partial charge in [-0.15, -0.1) is 0 Å². The van der Waals surface area contributed by atoms with Gasteiger partial charge in [0.15, 0.2) is 0 Å². The molecule has 0 fully saturated rings. The minimum Gasteiger partial charge on any atom is -0.384 e. The van der Waals surface area contributed by atoms with Crippen LogP contribution in [0.3, 0.4) is 0 Å². The van der Waals surface area contributed by atoms with Crippen LogP contribution in [0.2, 0.25) is 0 Å². The summed E-state index contributed by atoms with van der Waals surface area (Å²) in [6.07, 6.45) is 3.26. The third-order valence-corrected chi connectivity index (χ3v) is 3.10. The van der Waals surface area contributed by atoms with Crippen molar-refractivity contribution < 1.29 is 9.90 Å². The van der Waals surface area contributed by atoms with Crippen LogP contribution in [0.25, 0.3) is 0 Å². The van der Waals surface area contributed by atoms with E-state index in [2.05, 4.69) is 27.2 Å². The molecule has 2 aromatic heterocycles. The lowest BCUT2D eigenvalue weighted by Crippen LogP contribution is -2.25. The number of rotatable bonds is 3. The molecule has 0 radical (unpaired) electrons. The van der Waals surface area contributed by atoms with Crippen molar-refractivity contribution >= 4 is 5.91 Å². The molecule has 2 rings (SSSR count). The van der Waals surface area contributed by atoms with Crippen LogP contribution < -0.4 is 5.32 Å². The summed E-state index contributed by atoms with van der Waals surface area (Å²) in [7, 11) is 1.85. The van der Waals surface area contributed by atoms with Crippen molar-refractivity contribution in [3.63, 3.8) is 0 Å². The molecule has 0 aliphatic heterocycles. The monoisotopic (exact) mass is 284 g/mol. The molecule has 0 unspecified atom stereocenters. The largest absolute Gasteiger partial charge is 0.384 e. The zero-order chi connectivity index (χ0) is 15.2. The molecule has 0 aromatic carbocycles. The first-order valence-corrected chi connectivity index (χ1v) is 6.44. The Morgan fingerprint density at radius 1 is 1.52 bits per heavy atom. The topological polar surface area (TPSA) is 80.0 Å². The van der Waals surface area contributed by atoms with Gasteiger partial charge in [0, 0.05) is 31.0 Å². The number of aromatic nitrogens is 3. The van der Waals surface area contributed by atoms with Crippen molar-refractivity contribution in [3.05, 3.63) is 47.0 Å². The van der Waals surface area contributed by atoms with Crippen molar-refractivity contribution in [2.45, 2.75) is 13.5 Å². The van der Waals surface area contributed by atoms with E-state index in [9.17, 15) is 4.79 Å². The van der Waals surface area contributed by atoms with E-state index in [1.54, 1.807) is 23.0 Å². The zero-order valence-electron chi connectivity index (χ0n) is 11.9. The Labute approximate surface area is 122 Å². The van der Waals surface area contributed by atoms with Crippen molar-refractivity contribution in [1.82, 2.24) is 20.1 Å². The molecule has 0 saturated heterocycles. The van der Waals surface area contributed by atoms with Gasteiger partial charge >= 0.3 is 0 Å². The second kappa shape index (κ2) is 6.68. The summed E-state index contributed by atoms with van der Waals surface area (Å²) in [6.45, 7) is 2.06. The summed E-state index contributed by atoms with van der Waals surface area (Å²) in [5, 5.41) is 15.7. The number of aliphatic hydroxyl groups excluding tert-OH is 1. The summed E-state index contributed by atoms with van der Waals surface area (Å²) in [5.74, 6) is 4.93. The highest BCUT2D eigenvalue weighted by Gasteiger charge is 2.12. The number of hydrogen-bond acceptors (Lipinski definition) is 4. The van der Waals surface area contributed by atoms with Gasteiger partial charge in [-0.1, -0.05) is 11.8 Å². The lowest BCUT2D eigenvalue weighted by molar-refractivity contribution is 0.0945. The molecule has 6 nitrogen and oxygen atoms in total. The Hall–Kier alpha value is -2.65. The smallest absolute Gasteiger partial charge is 0.271 e. The summed E-state index contributed by atoms with van der Waals surface area (Å²) in [5.41, 5.74) is 2.69. The van der Waals surface area contributed by atoms with Crippen LogP contribution in [0, 0.1) is 18.8 Å². The van der Waals surface area contributed by atoms with Crippen molar-refractivity contribution in [2.75, 3.05) is 6.61 Å². The molecule has 2 N–H and O–H groups in total. The minimum absolute atomic E-state index is 0.250. The first-order chi connectivity index (χ1) is 10.1. The molecule has 2 aromatic rings. The van der Waals surface area contributed by atoms with Crippen molar-refractivity contribution in [1.29, 1.82) is 0 Å². The number of hydrogen-bond donors (Lipinski definition) is 2. The molecule has 2 heterocycles. The maximum Gasteiger partial charge on any atom is 0.271 e. The van der Waals surface area contributed by atoms with E-state index in [-0.39, 0.29) is 18.2 Å². The maximum atomic E-state index is 12.2. The van der Waals surface area contributed by atoms with Crippen LogP contribution in [-0.2, 0) is 13.6 Å². The summed E-state index contributed by atoms with van der Waals surface area (Å²) >= 11 is 0. The molecule has 0 bridgehead atoms. The van der Waals surface area contributed by atoms with E-state index >= 15 is 0 Å². The van der Waals surface area contributed by atoms with E-state index < -0.39 is 0 Å². The van der Waals surface area contributed by atoms with E-state index in [0.29, 0.717) is 12.1 Å². The van der Waals surface area contributed by atoms with Gasteiger partial charge in [0.05, 0.1) is 11.8 Å². The highest BCUT2D eigenvalue weighted by molar-refractivity contribution is 5.94. The van der Waals surface area contributed by atoms with Gasteiger partial charge in [0.25, 0.3) is 5.91 Å². The first-order valence-electron chi connectivity index (χ1n) is 6.44. The van der Waals surface area contributed by atoms with Gasteiger partial charge in [0.2, 0.25) is 0 Å². The van der Waals surface area contributed by atoms with Gasteiger partial charge in [-0.3, -0.25) is 9.48 Å². The predicted molar refractivity (Wildman–Crippen MR) is 77.3 cm³/mol. The highest BCUT2D eigenvalue weighted by atomic mass is 16.2. The fourth-order valence-electron chi connectivity index (χ4n) is 1.80. The number of amides is 1. The minimum atomic E-state index is -0.305. The lowest BCUT2D eigenvalue weighted by Gasteiger charge is -2.06. The number of aliphatic hydroxyl groups is 1. The first kappa shape index (κ1) is 14.8. The fourth-order valence-corrected chi connectivity index (χ4v) is 1.80. The molecular formula is C15H16N4O2. The number of nitrogens with one attached hydrogen (secondary N) is 1. The summed E-state index contributed by atoms with van der Waals surface area (Å²) < 4.78 is 1.75. The molecule has 108 valence electrons. The van der Waals surface area contributed by atoms with Gasteiger partial charge in [-0.05, 0) is 19.1 Å². The number of pyridine rings is 1. The number of carbonyl (C=O) groups excluding carboxylic acids is 1. The highest BCUT2D eigenvalue weighted by Crippen LogP contribution is 2.07. The Balaban J connectivity index is 2.12. The number of aryl methyl sites for hydroxylation is 1. The second-order valence-electron chi connectivity index (χ2n) is 4.42. The van der Waals surface area contributed by atoms with Crippen LogP contribution in [0.1, 0.15) is 27.3 Å². The second-order valence-corrected chi connectivity index (χ2v) is 4.42. The van der Waals surface area contributed by atoms with E-state index in [1.165, 1.54) is 6.20 Å². The van der Waals surface area contributed by atoms with E-state index in [1.807, 2.05) is 14.0 Å². The van der Waals surface area contributed by atoms with Crippen LogP contribution >= 0.6 is 0 Å². The third kappa shape index (κ3) is 3.46. The Morgan fingerprint density at radius 3 is 3.00 bits per heavy atom. The molecule has 0 spiro atoms. The zero-order valence-corrected chi connectivity index (χ0v) is 11.9. The molecule has 21 heavy (non-hydrogen) atoms. The molecule has 0 aliphatic carbocycles. The van der Waals surface area contributed by atoms with E-state index in [4.69, 9.17) is 5.11 Å². The van der Waals surface area contributed by atoms with Crippen LogP contribution in [-0.4, -0.2) is 32.4 Å². The van der Waals surface area contributed by atoms with Gasteiger partial charge in [-0.2, -0.15) is 5.10 Å². The SMILES string of the molecule is Cc1c(CNC(=O)c2ncccc2C#CCO)cnn1C. The number of carbonyl (C=O) groups is 1. The maximum absolute atomic E-state index is 12.2. The average molecular weight is 284 g/mol. The summed E-state index contributed by atoms with van der Waals surface area (Å²) in [4.78, 5) is 16.2. The Bertz CT molecular complexity index is 710. The molecule has 0 aliphatic rings. The van der Waals surface area contributed by atoms with Crippen LogP contribution in [0.15, 0.2) is 24.5 Å². The van der Waals surface area contributed by atoms with Gasteiger partial charge in [-0.25, -0.2) is 4.98 Å². The van der Waals surface area contributed by atoms with E-state index in [0.717, 1.165) is 11.3 Å². The fraction of sp³-hybridized carbons (Fsp3) is 0.267. The van der Waals surface area contributed by atoms with Gasteiger partial charge < -0.3 is 10.4 Å². The molecule has 1 amide bonds. The van der Waals surface area contributed by atoms with Crippen molar-refractivity contribution in [2.24, 2.45) is 7.05 Å². The Morgan fingerprint density at radius 2 is 2.33 bits per heavy atom. The molecule has 0 atom stereocenters. The lowest BCUT2D eigenvalue weighted by atomic mass is 10.2. The molecular weight excluding hydrogens is 268 g/mol. The number of nitrogens with zero attached hydrogens (tertiary/aromatic N) is 3. The van der Waals surface area contributed by atoms with Gasteiger partial charge in [0.1, 0.15) is 12.3 Å². The Kier molecular flexibility index (Phi) is 4.69. The molecule has 0 saturated carbocycles. The molecule has 6 heteroatoms. The normalized spacial score (nSPS) is 9.86. The van der Waals surface area contributed by atoms with Crippen LogP contribution in [0.5, 0.6) is 0 Å². The predicted octanol–water partition coefficient (Wildman–Crippen LogP) is 0.397. The van der Waals surface area contributed by atoms with Crippen LogP contribution in [0.4, 0.5) is 0 Å². The quantitative estimate of drug-likeness (QED) is 0.799. The standard InChI is InChI=1S/C15H16N4O2/c1-11-13(10-18-19(11)2)9-17-15(21)14-12(6-4-8-20)5-3-7-16-14/h3,5,7,10,20H,8-9H2,1-2H3,(H,17,21). The summed E-state index contributed by atoms with van der Waals surface area (Å²) in [6, 6.07) is 3.39. The van der Waals surface area contributed by atoms with Crippen molar-refractivity contribution in [3.8, 4) is 11.8 Å². The third-order valence-electron chi connectivity index (χ3n) is 3.10. The average Bonchev–Trinajstić information content (AvgIpc) is 2.82.